The van der Waals surface area contributed by atoms with Crippen LogP contribution >= 0.6 is 15.9 Å². The zero-order chi connectivity index (χ0) is 13.8. The van der Waals surface area contributed by atoms with E-state index in [9.17, 15) is 9.90 Å². The van der Waals surface area contributed by atoms with Crippen LogP contribution in [0.4, 0.5) is 0 Å². The van der Waals surface area contributed by atoms with E-state index in [1.807, 2.05) is 31.2 Å². The lowest BCUT2D eigenvalue weighted by molar-refractivity contribution is 0.0911. The topological polar surface area (TPSA) is 65.1 Å². The molecule has 5 heteroatoms. The van der Waals surface area contributed by atoms with Crippen LogP contribution in [0.25, 0.3) is 0 Å². The van der Waals surface area contributed by atoms with Gasteiger partial charge in [0.25, 0.3) is 5.91 Å². The molecule has 1 aromatic heterocycles. The van der Waals surface area contributed by atoms with E-state index < -0.39 is 6.10 Å². The third-order valence-electron chi connectivity index (χ3n) is 2.90. The summed E-state index contributed by atoms with van der Waals surface area (Å²) in [5.41, 5.74) is 2.30. The molecule has 0 radical (unpaired) electrons. The first-order chi connectivity index (χ1) is 9.08. The van der Waals surface area contributed by atoms with Crippen LogP contribution in [-0.2, 0) is 0 Å². The summed E-state index contributed by atoms with van der Waals surface area (Å²) < 4.78 is 0.817. The molecule has 1 amide bonds. The van der Waals surface area contributed by atoms with E-state index in [4.69, 9.17) is 0 Å². The van der Waals surface area contributed by atoms with Crippen LogP contribution in [0.2, 0.25) is 0 Å². The van der Waals surface area contributed by atoms with Crippen LogP contribution in [0.1, 0.15) is 27.7 Å². The van der Waals surface area contributed by atoms with Gasteiger partial charge < -0.3 is 15.4 Å². The average molecular weight is 323 g/mol. The van der Waals surface area contributed by atoms with Gasteiger partial charge in [0.15, 0.2) is 0 Å². The molecule has 0 aliphatic heterocycles. The smallest absolute Gasteiger partial charge is 0.267 e. The van der Waals surface area contributed by atoms with E-state index in [1.165, 1.54) is 0 Å². The standard InChI is InChI=1S/C14H15BrN2O2/c1-9-4-2-3-5-11(9)13(18)8-17-14(19)12-6-10(15)7-16-12/h2-7,13,16,18H,8H2,1H3,(H,17,19). The number of hydrogen-bond acceptors (Lipinski definition) is 2. The van der Waals surface area contributed by atoms with Gasteiger partial charge in [-0.3, -0.25) is 4.79 Å². The minimum Gasteiger partial charge on any atom is -0.387 e. The summed E-state index contributed by atoms with van der Waals surface area (Å²) in [5, 5.41) is 12.8. The number of benzene rings is 1. The van der Waals surface area contributed by atoms with Gasteiger partial charge in [0.1, 0.15) is 5.69 Å². The van der Waals surface area contributed by atoms with E-state index in [0.29, 0.717) is 5.69 Å². The number of H-pyrrole nitrogens is 1. The molecule has 2 aromatic rings. The first kappa shape index (κ1) is 13.8. The Morgan fingerprint density at radius 1 is 1.47 bits per heavy atom. The molecule has 0 saturated carbocycles. The first-order valence-corrected chi connectivity index (χ1v) is 6.73. The number of nitrogens with one attached hydrogen (secondary N) is 2. The number of aliphatic hydroxyl groups is 1. The number of aryl methyl sites for hydroxylation is 1. The van der Waals surface area contributed by atoms with Crippen molar-refractivity contribution in [2.24, 2.45) is 0 Å². The molecule has 0 aliphatic rings. The van der Waals surface area contributed by atoms with Gasteiger partial charge in [-0.15, -0.1) is 0 Å². The van der Waals surface area contributed by atoms with Gasteiger partial charge in [-0.2, -0.15) is 0 Å². The second kappa shape index (κ2) is 6.04. The van der Waals surface area contributed by atoms with Gasteiger partial charge in [0, 0.05) is 17.2 Å². The molecule has 1 unspecified atom stereocenters. The van der Waals surface area contributed by atoms with E-state index in [-0.39, 0.29) is 12.5 Å². The number of aliphatic hydroxyl groups excluding tert-OH is 1. The Balaban J connectivity index is 1.96. The van der Waals surface area contributed by atoms with Gasteiger partial charge in [0.2, 0.25) is 0 Å². The Kier molecular flexibility index (Phi) is 4.39. The third-order valence-corrected chi connectivity index (χ3v) is 3.35. The van der Waals surface area contributed by atoms with Crippen LogP contribution < -0.4 is 5.32 Å². The highest BCUT2D eigenvalue weighted by Gasteiger charge is 2.13. The molecule has 0 spiro atoms. The molecule has 100 valence electrons. The average Bonchev–Trinajstić information content (AvgIpc) is 2.83. The number of hydrogen-bond donors (Lipinski definition) is 3. The monoisotopic (exact) mass is 322 g/mol. The van der Waals surface area contributed by atoms with Gasteiger partial charge in [-0.05, 0) is 40.0 Å². The zero-order valence-electron chi connectivity index (χ0n) is 10.5. The van der Waals surface area contributed by atoms with Crippen LogP contribution in [0.3, 0.4) is 0 Å². The lowest BCUT2D eigenvalue weighted by atomic mass is 10.0. The summed E-state index contributed by atoms with van der Waals surface area (Å²) in [4.78, 5) is 14.6. The molecule has 4 nitrogen and oxygen atoms in total. The van der Waals surface area contributed by atoms with Crippen molar-refractivity contribution in [1.82, 2.24) is 10.3 Å². The van der Waals surface area contributed by atoms with E-state index in [2.05, 4.69) is 26.2 Å². The molecule has 0 aliphatic carbocycles. The fraction of sp³-hybridized carbons (Fsp3) is 0.214. The van der Waals surface area contributed by atoms with Crippen molar-refractivity contribution in [3.63, 3.8) is 0 Å². The fourth-order valence-corrected chi connectivity index (χ4v) is 2.20. The molecular formula is C14H15BrN2O2. The lowest BCUT2D eigenvalue weighted by Crippen LogP contribution is -2.28. The van der Waals surface area contributed by atoms with Crippen molar-refractivity contribution >= 4 is 21.8 Å². The van der Waals surface area contributed by atoms with E-state index >= 15 is 0 Å². The van der Waals surface area contributed by atoms with Crippen molar-refractivity contribution < 1.29 is 9.90 Å². The highest BCUT2D eigenvalue weighted by Crippen LogP contribution is 2.16. The maximum Gasteiger partial charge on any atom is 0.267 e. The first-order valence-electron chi connectivity index (χ1n) is 5.93. The van der Waals surface area contributed by atoms with Crippen LogP contribution in [0.5, 0.6) is 0 Å². The second-order valence-electron chi connectivity index (χ2n) is 4.31. The fourth-order valence-electron chi connectivity index (χ4n) is 1.85. The maximum atomic E-state index is 11.8. The summed E-state index contributed by atoms with van der Waals surface area (Å²) >= 11 is 3.27. The number of carbonyl (C=O) groups excluding carboxylic acids is 1. The summed E-state index contributed by atoms with van der Waals surface area (Å²) in [6, 6.07) is 9.27. The predicted octanol–water partition coefficient (Wildman–Crippen LogP) is 2.55. The Hall–Kier alpha value is -1.59. The van der Waals surface area contributed by atoms with Crippen molar-refractivity contribution in [1.29, 1.82) is 0 Å². The molecule has 3 N–H and O–H groups in total. The van der Waals surface area contributed by atoms with Crippen LogP contribution in [0.15, 0.2) is 41.0 Å². The minimum atomic E-state index is -0.705. The van der Waals surface area contributed by atoms with Gasteiger partial charge >= 0.3 is 0 Å². The van der Waals surface area contributed by atoms with Crippen molar-refractivity contribution in [2.75, 3.05) is 6.54 Å². The lowest BCUT2D eigenvalue weighted by Gasteiger charge is -2.14. The van der Waals surface area contributed by atoms with Crippen LogP contribution in [0, 0.1) is 6.92 Å². The molecule has 1 heterocycles. The Morgan fingerprint density at radius 3 is 2.84 bits per heavy atom. The van der Waals surface area contributed by atoms with Crippen LogP contribution in [-0.4, -0.2) is 22.5 Å². The number of aromatic nitrogens is 1. The molecule has 2 rings (SSSR count). The molecule has 19 heavy (non-hydrogen) atoms. The largest absolute Gasteiger partial charge is 0.387 e. The Labute approximate surface area is 120 Å². The zero-order valence-corrected chi connectivity index (χ0v) is 12.1. The van der Waals surface area contributed by atoms with Crippen molar-refractivity contribution in [2.45, 2.75) is 13.0 Å². The highest BCUT2D eigenvalue weighted by molar-refractivity contribution is 9.10. The van der Waals surface area contributed by atoms with Crippen molar-refractivity contribution in [3.05, 3.63) is 57.8 Å². The number of aromatic amines is 1. The number of carbonyl (C=O) groups is 1. The molecule has 0 bridgehead atoms. The number of amides is 1. The molecule has 1 atom stereocenters. The molecule has 1 aromatic carbocycles. The van der Waals surface area contributed by atoms with Crippen molar-refractivity contribution in [3.8, 4) is 0 Å². The molecular weight excluding hydrogens is 308 g/mol. The summed E-state index contributed by atoms with van der Waals surface area (Å²) in [6.07, 6.45) is 0.982. The predicted molar refractivity (Wildman–Crippen MR) is 77.0 cm³/mol. The van der Waals surface area contributed by atoms with Gasteiger partial charge in [-0.25, -0.2) is 0 Å². The summed E-state index contributed by atoms with van der Waals surface area (Å²) in [7, 11) is 0. The molecule has 0 fully saturated rings. The number of halogens is 1. The third kappa shape index (κ3) is 3.45. The summed E-state index contributed by atoms with van der Waals surface area (Å²) in [6.45, 7) is 2.11. The van der Waals surface area contributed by atoms with E-state index in [1.54, 1.807) is 12.3 Å². The normalized spacial score (nSPS) is 12.2. The SMILES string of the molecule is Cc1ccccc1C(O)CNC(=O)c1cc(Br)c[nH]1. The highest BCUT2D eigenvalue weighted by atomic mass is 79.9. The minimum absolute atomic E-state index is 0.181. The maximum absolute atomic E-state index is 11.8. The van der Waals surface area contributed by atoms with Gasteiger partial charge in [0.05, 0.1) is 6.10 Å². The second-order valence-corrected chi connectivity index (χ2v) is 5.23. The van der Waals surface area contributed by atoms with Gasteiger partial charge in [-0.1, -0.05) is 24.3 Å². The Bertz CT molecular complexity index is 580. The quantitative estimate of drug-likeness (QED) is 0.810. The Morgan fingerprint density at radius 2 is 2.21 bits per heavy atom. The summed E-state index contributed by atoms with van der Waals surface area (Å²) in [5.74, 6) is -0.238. The molecule has 0 saturated heterocycles. The number of rotatable bonds is 4. The van der Waals surface area contributed by atoms with E-state index in [0.717, 1.165) is 15.6 Å².